The van der Waals surface area contributed by atoms with Gasteiger partial charge in [-0.3, -0.25) is 29.3 Å². The second-order valence-corrected chi connectivity index (χ2v) is 11.0. The number of carbonyl (C=O) groups is 5. The molecule has 1 aliphatic carbocycles. The monoisotopic (exact) mass is 603 g/mol. The molecule has 220 valence electrons. The predicted molar refractivity (Wildman–Crippen MR) is 153 cm³/mol. The molecule has 1 saturated carbocycles. The van der Waals surface area contributed by atoms with Crippen molar-refractivity contribution in [3.8, 4) is 5.75 Å². The number of nitro groups is 1. The number of hydrogen-bond acceptors (Lipinski definition) is 8. The molecule has 12 heteroatoms. The van der Waals surface area contributed by atoms with Gasteiger partial charge in [0.25, 0.3) is 23.4 Å². The van der Waals surface area contributed by atoms with Gasteiger partial charge in [-0.2, -0.15) is 5.01 Å². The number of esters is 1. The maximum Gasteiger partial charge on any atom is 0.343 e. The highest BCUT2D eigenvalue weighted by molar-refractivity contribution is 6.34. The summed E-state index contributed by atoms with van der Waals surface area (Å²) in [5, 5.41) is 12.6. The van der Waals surface area contributed by atoms with E-state index in [0.717, 1.165) is 16.4 Å². The number of nitrogens with zero attached hydrogens (tertiary/aromatic N) is 3. The molecule has 0 aromatic heterocycles. The zero-order valence-corrected chi connectivity index (χ0v) is 23.7. The Morgan fingerprint density at radius 2 is 1.56 bits per heavy atom. The molecule has 2 fully saturated rings. The standard InChI is InChI=1S/C31H26ClN3O8/c1-18-6-15-23-25(16-18)30(39)34(29(23)38)33(28(37)24-4-2-3-5-26(24)32)17-27(36)19-9-13-22(14-10-19)43-31(40)20-7-11-21(12-8-20)35(41)42/h2-5,7-14,18,23,25H,6,15-17H2,1H3/t18-,23+,25-/m1/s1. The highest BCUT2D eigenvalue weighted by Crippen LogP contribution is 2.41. The number of Topliss-reactive ketones (excluding diaryl/α,β-unsaturated/α-hetero) is 1. The van der Waals surface area contributed by atoms with Crippen LogP contribution in [0, 0.1) is 27.9 Å². The van der Waals surface area contributed by atoms with Crippen LogP contribution >= 0.6 is 11.6 Å². The van der Waals surface area contributed by atoms with E-state index in [1.165, 1.54) is 60.7 Å². The Kier molecular flexibility index (Phi) is 8.36. The third-order valence-corrected chi connectivity index (χ3v) is 8.07. The van der Waals surface area contributed by atoms with Gasteiger partial charge in [0.05, 0.1) is 32.9 Å². The van der Waals surface area contributed by atoms with E-state index in [4.69, 9.17) is 16.3 Å². The van der Waals surface area contributed by atoms with E-state index in [1.54, 1.807) is 12.1 Å². The Hall–Kier alpha value is -4.90. The normalized spacial score (nSPS) is 19.5. The molecule has 3 amide bonds. The molecule has 1 heterocycles. The number of imide groups is 1. The molecule has 0 radical (unpaired) electrons. The van der Waals surface area contributed by atoms with Crippen LogP contribution in [0.1, 0.15) is 57.3 Å². The molecule has 0 spiro atoms. The van der Waals surface area contributed by atoms with Gasteiger partial charge in [-0.1, -0.05) is 30.7 Å². The van der Waals surface area contributed by atoms with E-state index in [1.807, 2.05) is 6.92 Å². The summed E-state index contributed by atoms with van der Waals surface area (Å²) in [7, 11) is 0. The lowest BCUT2D eigenvalue weighted by molar-refractivity contribution is -0.384. The lowest BCUT2D eigenvalue weighted by Crippen LogP contribution is -2.52. The third-order valence-electron chi connectivity index (χ3n) is 7.74. The van der Waals surface area contributed by atoms with Crippen LogP contribution in [-0.2, 0) is 9.59 Å². The Balaban J connectivity index is 1.36. The number of halogens is 1. The van der Waals surface area contributed by atoms with Crippen molar-refractivity contribution in [3.63, 3.8) is 0 Å². The van der Waals surface area contributed by atoms with Crippen LogP contribution in [0.4, 0.5) is 5.69 Å². The van der Waals surface area contributed by atoms with Crippen LogP contribution in [0.25, 0.3) is 0 Å². The predicted octanol–water partition coefficient (Wildman–Crippen LogP) is 5.13. The lowest BCUT2D eigenvalue weighted by Gasteiger charge is -2.30. The Morgan fingerprint density at radius 3 is 2.21 bits per heavy atom. The molecular weight excluding hydrogens is 578 g/mol. The number of rotatable bonds is 8. The van der Waals surface area contributed by atoms with Crippen LogP contribution < -0.4 is 4.74 Å². The lowest BCUT2D eigenvalue weighted by atomic mass is 9.76. The van der Waals surface area contributed by atoms with Crippen LogP contribution in [0.3, 0.4) is 0 Å². The van der Waals surface area contributed by atoms with E-state index in [0.29, 0.717) is 12.8 Å². The van der Waals surface area contributed by atoms with Crippen molar-refractivity contribution >= 4 is 46.8 Å². The summed E-state index contributed by atoms with van der Waals surface area (Å²) in [6, 6.07) is 16.6. The molecule has 3 aromatic rings. The fourth-order valence-electron chi connectivity index (χ4n) is 5.44. The largest absolute Gasteiger partial charge is 0.423 e. The highest BCUT2D eigenvalue weighted by Gasteiger charge is 2.53. The fourth-order valence-corrected chi connectivity index (χ4v) is 5.66. The minimum atomic E-state index is -0.763. The third kappa shape index (κ3) is 6.02. The van der Waals surface area contributed by atoms with Crippen molar-refractivity contribution < 1.29 is 33.6 Å². The van der Waals surface area contributed by atoms with Gasteiger partial charge in [0.1, 0.15) is 12.3 Å². The number of carbonyl (C=O) groups excluding carboxylic acids is 5. The van der Waals surface area contributed by atoms with Crippen molar-refractivity contribution in [2.24, 2.45) is 17.8 Å². The van der Waals surface area contributed by atoms with Gasteiger partial charge in [0.2, 0.25) is 0 Å². The number of amides is 3. The molecule has 3 aromatic carbocycles. The Labute approximate surface area is 251 Å². The number of benzene rings is 3. The van der Waals surface area contributed by atoms with Gasteiger partial charge >= 0.3 is 5.97 Å². The molecule has 0 N–H and O–H groups in total. The molecule has 1 saturated heterocycles. The van der Waals surface area contributed by atoms with Crippen LogP contribution in [0.5, 0.6) is 5.75 Å². The summed E-state index contributed by atoms with van der Waals surface area (Å²) in [5.74, 6) is -3.87. The summed E-state index contributed by atoms with van der Waals surface area (Å²) in [6.07, 6.45) is 1.83. The van der Waals surface area contributed by atoms with Crippen molar-refractivity contribution in [1.29, 1.82) is 0 Å². The van der Waals surface area contributed by atoms with Crippen molar-refractivity contribution in [3.05, 3.63) is 105 Å². The first-order valence-corrected chi connectivity index (χ1v) is 14.0. The van der Waals surface area contributed by atoms with Crippen LogP contribution in [0.2, 0.25) is 5.02 Å². The molecule has 1 aliphatic heterocycles. The number of hydrazine groups is 1. The zero-order chi connectivity index (χ0) is 30.8. The number of non-ortho nitro benzene ring substituents is 1. The average Bonchev–Trinajstić information content (AvgIpc) is 3.24. The van der Waals surface area contributed by atoms with Gasteiger partial charge < -0.3 is 4.74 Å². The van der Waals surface area contributed by atoms with Crippen LogP contribution in [0.15, 0.2) is 72.8 Å². The van der Waals surface area contributed by atoms with Gasteiger partial charge in [0.15, 0.2) is 5.78 Å². The molecular formula is C31H26ClN3O8. The van der Waals surface area contributed by atoms with Crippen molar-refractivity contribution in [1.82, 2.24) is 10.0 Å². The smallest absolute Gasteiger partial charge is 0.343 e. The van der Waals surface area contributed by atoms with Gasteiger partial charge in [-0.05, 0) is 73.7 Å². The number of hydrogen-bond donors (Lipinski definition) is 0. The topological polar surface area (TPSA) is 144 Å². The number of fused-ring (bicyclic) bond motifs is 1. The first-order valence-electron chi connectivity index (χ1n) is 13.6. The van der Waals surface area contributed by atoms with Crippen molar-refractivity contribution in [2.75, 3.05) is 6.54 Å². The van der Waals surface area contributed by atoms with Gasteiger partial charge in [0, 0.05) is 17.7 Å². The number of ether oxygens (including phenoxy) is 1. The second-order valence-electron chi connectivity index (χ2n) is 10.6. The molecule has 43 heavy (non-hydrogen) atoms. The molecule has 2 aliphatic rings. The summed E-state index contributed by atoms with van der Waals surface area (Å²) in [6.45, 7) is 1.40. The van der Waals surface area contributed by atoms with E-state index >= 15 is 0 Å². The number of ketones is 1. The molecule has 11 nitrogen and oxygen atoms in total. The fraction of sp³-hybridized carbons (Fsp3) is 0.258. The van der Waals surface area contributed by atoms with E-state index in [-0.39, 0.29) is 39.1 Å². The highest BCUT2D eigenvalue weighted by atomic mass is 35.5. The summed E-state index contributed by atoms with van der Waals surface area (Å²) >= 11 is 6.27. The minimum Gasteiger partial charge on any atom is -0.423 e. The quantitative estimate of drug-likeness (QED) is 0.0860. The number of nitro benzene ring substituents is 1. The molecule has 0 unspecified atom stereocenters. The second kappa shape index (κ2) is 12.1. The average molecular weight is 604 g/mol. The van der Waals surface area contributed by atoms with E-state index in [9.17, 15) is 34.1 Å². The maximum atomic E-state index is 13.7. The van der Waals surface area contributed by atoms with E-state index in [2.05, 4.69) is 0 Å². The zero-order valence-electron chi connectivity index (χ0n) is 23.0. The van der Waals surface area contributed by atoms with Gasteiger partial charge in [-0.25, -0.2) is 9.80 Å². The SMILES string of the molecule is C[C@@H]1CC[C@@H]2C(=O)N(N(CC(=O)c3ccc(OC(=O)c4ccc([N+](=O)[O-])cc4)cc3)C(=O)c3ccccc3Cl)C(=O)[C@@H]2C1. The first-order chi connectivity index (χ1) is 20.5. The minimum absolute atomic E-state index is 0.0364. The summed E-state index contributed by atoms with van der Waals surface area (Å²) < 4.78 is 5.30. The Morgan fingerprint density at radius 1 is 0.930 bits per heavy atom. The summed E-state index contributed by atoms with van der Waals surface area (Å²) in [5.41, 5.74) is 0.0908. The first kappa shape index (κ1) is 29.6. The van der Waals surface area contributed by atoms with Crippen LogP contribution in [-0.4, -0.2) is 51.0 Å². The maximum absolute atomic E-state index is 13.7. The van der Waals surface area contributed by atoms with Crippen molar-refractivity contribution in [2.45, 2.75) is 26.2 Å². The van der Waals surface area contributed by atoms with Gasteiger partial charge in [-0.15, -0.1) is 0 Å². The summed E-state index contributed by atoms with van der Waals surface area (Å²) in [4.78, 5) is 76.7. The molecule has 3 atom stereocenters. The Bertz CT molecular complexity index is 1620. The molecule has 0 bridgehead atoms. The molecule has 5 rings (SSSR count). The van der Waals surface area contributed by atoms with E-state index < -0.39 is 52.8 Å².